The third-order valence-corrected chi connectivity index (χ3v) is 5.39. The minimum Gasteiger partial charge on any atom is -0.334 e. The summed E-state index contributed by atoms with van der Waals surface area (Å²) in [5.41, 5.74) is 4.93. The predicted octanol–water partition coefficient (Wildman–Crippen LogP) is 2.35. The maximum absolute atomic E-state index is 12.0. The molecule has 0 unspecified atom stereocenters. The molecule has 0 aliphatic carbocycles. The number of urea groups is 1. The Balaban J connectivity index is 1.87. The van der Waals surface area contributed by atoms with Crippen LogP contribution in [0.2, 0.25) is 0 Å². The van der Waals surface area contributed by atoms with Gasteiger partial charge in [0.25, 0.3) is 0 Å². The van der Waals surface area contributed by atoms with Crippen LogP contribution < -0.4 is 15.4 Å². The van der Waals surface area contributed by atoms with Gasteiger partial charge in [-0.05, 0) is 43.1 Å². The summed E-state index contributed by atoms with van der Waals surface area (Å²) >= 11 is 0. The highest BCUT2D eigenvalue weighted by Gasteiger charge is 2.09. The monoisotopic (exact) mass is 375 g/mol. The number of rotatable bonds is 7. The van der Waals surface area contributed by atoms with Gasteiger partial charge in [0.2, 0.25) is 10.0 Å². The minimum absolute atomic E-state index is 0.0871. The van der Waals surface area contributed by atoms with E-state index in [1.54, 1.807) is 18.2 Å². The van der Waals surface area contributed by atoms with Crippen LogP contribution in [0, 0.1) is 13.8 Å². The molecule has 0 heterocycles. The molecule has 0 radical (unpaired) electrons. The van der Waals surface area contributed by atoms with Crippen LogP contribution in [0.5, 0.6) is 0 Å². The summed E-state index contributed by atoms with van der Waals surface area (Å²) in [6, 6.07) is 13.0. The molecule has 2 aromatic rings. The summed E-state index contributed by atoms with van der Waals surface area (Å²) in [6.45, 7) is 4.84. The lowest BCUT2D eigenvalue weighted by molar-refractivity contribution is 0.240. The van der Waals surface area contributed by atoms with Crippen molar-refractivity contribution < 1.29 is 13.2 Å². The van der Waals surface area contributed by atoms with Crippen molar-refractivity contribution in [2.24, 2.45) is 0 Å². The quantitative estimate of drug-likeness (QED) is 0.694. The Morgan fingerprint density at radius 2 is 1.65 bits per heavy atom. The van der Waals surface area contributed by atoms with Crippen molar-refractivity contribution in [2.75, 3.05) is 7.05 Å². The van der Waals surface area contributed by atoms with Crippen LogP contribution in [0.4, 0.5) is 4.79 Å². The first kappa shape index (κ1) is 19.9. The topological polar surface area (TPSA) is 87.3 Å². The SMILES string of the molecule is CNS(=O)(=O)Cc1cccc(CNC(=O)NCc2ccc(C)cc2C)c1. The molecule has 140 valence electrons. The molecule has 0 bridgehead atoms. The van der Waals surface area contributed by atoms with Crippen molar-refractivity contribution in [1.82, 2.24) is 15.4 Å². The Morgan fingerprint density at radius 1 is 0.962 bits per heavy atom. The molecule has 0 aliphatic rings. The fourth-order valence-electron chi connectivity index (χ4n) is 2.59. The van der Waals surface area contributed by atoms with Crippen molar-refractivity contribution in [3.63, 3.8) is 0 Å². The van der Waals surface area contributed by atoms with Crippen molar-refractivity contribution >= 4 is 16.1 Å². The highest BCUT2D eigenvalue weighted by Crippen LogP contribution is 2.10. The number of benzene rings is 2. The van der Waals surface area contributed by atoms with Crippen LogP contribution >= 0.6 is 0 Å². The Morgan fingerprint density at radius 3 is 2.35 bits per heavy atom. The molecule has 0 fully saturated rings. The van der Waals surface area contributed by atoms with E-state index in [-0.39, 0.29) is 11.8 Å². The smallest absolute Gasteiger partial charge is 0.315 e. The van der Waals surface area contributed by atoms with Gasteiger partial charge in [-0.25, -0.2) is 17.9 Å². The van der Waals surface area contributed by atoms with Crippen LogP contribution in [-0.2, 0) is 28.9 Å². The van der Waals surface area contributed by atoms with Gasteiger partial charge in [0.1, 0.15) is 0 Å². The van der Waals surface area contributed by atoms with E-state index in [1.165, 1.54) is 12.6 Å². The Labute approximate surface area is 155 Å². The maximum Gasteiger partial charge on any atom is 0.315 e. The van der Waals surface area contributed by atoms with Crippen LogP contribution in [-0.4, -0.2) is 21.5 Å². The van der Waals surface area contributed by atoms with E-state index in [0.29, 0.717) is 18.7 Å². The summed E-state index contributed by atoms with van der Waals surface area (Å²) in [5.74, 6) is -0.0871. The largest absolute Gasteiger partial charge is 0.334 e. The molecule has 3 N–H and O–H groups in total. The van der Waals surface area contributed by atoms with Gasteiger partial charge in [0, 0.05) is 13.1 Å². The van der Waals surface area contributed by atoms with Crippen molar-refractivity contribution in [3.8, 4) is 0 Å². The summed E-state index contributed by atoms with van der Waals surface area (Å²) in [5, 5.41) is 5.62. The number of hydrogen-bond donors (Lipinski definition) is 3. The lowest BCUT2D eigenvalue weighted by atomic mass is 10.1. The second kappa shape index (κ2) is 8.82. The standard InChI is InChI=1S/C19H25N3O3S/c1-14-7-8-18(15(2)9-14)12-22-19(23)21-11-16-5-4-6-17(10-16)13-26(24,25)20-3/h4-10,20H,11-13H2,1-3H3,(H2,21,22,23). The number of amides is 2. The highest BCUT2D eigenvalue weighted by molar-refractivity contribution is 7.88. The second-order valence-electron chi connectivity index (χ2n) is 6.25. The lowest BCUT2D eigenvalue weighted by Crippen LogP contribution is -2.34. The Hall–Kier alpha value is -2.38. The zero-order valence-corrected chi connectivity index (χ0v) is 16.1. The first-order valence-corrected chi connectivity index (χ1v) is 10.0. The summed E-state index contributed by atoms with van der Waals surface area (Å²) in [6.07, 6.45) is 0. The molecule has 0 aliphatic heterocycles. The van der Waals surface area contributed by atoms with Gasteiger partial charge in [-0.15, -0.1) is 0 Å². The zero-order chi connectivity index (χ0) is 19.2. The van der Waals surface area contributed by atoms with Gasteiger partial charge in [0.05, 0.1) is 5.75 Å². The van der Waals surface area contributed by atoms with Gasteiger partial charge < -0.3 is 10.6 Å². The molecule has 0 saturated heterocycles. The molecule has 2 rings (SSSR count). The molecular formula is C19H25N3O3S. The average molecular weight is 375 g/mol. The molecule has 2 aromatic carbocycles. The van der Waals surface area contributed by atoms with Crippen LogP contribution in [0.1, 0.15) is 27.8 Å². The first-order chi connectivity index (χ1) is 12.3. The molecule has 6 nitrogen and oxygen atoms in total. The van der Waals surface area contributed by atoms with Crippen molar-refractivity contribution in [1.29, 1.82) is 0 Å². The molecule has 26 heavy (non-hydrogen) atoms. The fraction of sp³-hybridized carbons (Fsp3) is 0.316. The van der Waals surface area contributed by atoms with E-state index in [2.05, 4.69) is 21.4 Å². The number of carbonyl (C=O) groups excluding carboxylic acids is 1. The van der Waals surface area contributed by atoms with Crippen LogP contribution in [0.15, 0.2) is 42.5 Å². The predicted molar refractivity (Wildman–Crippen MR) is 103 cm³/mol. The van der Waals surface area contributed by atoms with Gasteiger partial charge in [-0.3, -0.25) is 0 Å². The number of carbonyl (C=O) groups is 1. The third kappa shape index (κ3) is 6.16. The van der Waals surface area contributed by atoms with Gasteiger partial charge in [0.15, 0.2) is 0 Å². The summed E-state index contributed by atoms with van der Waals surface area (Å²) in [4.78, 5) is 12.0. The van der Waals surface area contributed by atoms with Crippen molar-refractivity contribution in [3.05, 3.63) is 70.3 Å². The zero-order valence-electron chi connectivity index (χ0n) is 15.3. The molecular weight excluding hydrogens is 350 g/mol. The van der Waals surface area contributed by atoms with Crippen molar-refractivity contribution in [2.45, 2.75) is 32.7 Å². The molecule has 0 atom stereocenters. The normalized spacial score (nSPS) is 11.2. The number of aryl methyl sites for hydroxylation is 2. The number of sulfonamides is 1. The van der Waals surface area contributed by atoms with E-state index < -0.39 is 10.0 Å². The average Bonchev–Trinajstić information content (AvgIpc) is 2.59. The minimum atomic E-state index is -3.32. The van der Waals surface area contributed by atoms with Gasteiger partial charge in [-0.1, -0.05) is 48.0 Å². The number of nitrogens with one attached hydrogen (secondary N) is 3. The first-order valence-electron chi connectivity index (χ1n) is 8.36. The Bertz CT molecular complexity index is 879. The van der Waals surface area contributed by atoms with Crippen LogP contribution in [0.3, 0.4) is 0 Å². The van der Waals surface area contributed by atoms with Crippen LogP contribution in [0.25, 0.3) is 0 Å². The molecule has 2 amide bonds. The van der Waals surface area contributed by atoms with E-state index in [9.17, 15) is 13.2 Å². The van der Waals surface area contributed by atoms with Gasteiger partial charge in [-0.2, -0.15) is 0 Å². The molecule has 7 heteroatoms. The molecule has 0 spiro atoms. The maximum atomic E-state index is 12.0. The lowest BCUT2D eigenvalue weighted by Gasteiger charge is -2.11. The second-order valence-corrected chi connectivity index (χ2v) is 8.18. The summed E-state index contributed by atoms with van der Waals surface area (Å²) < 4.78 is 25.5. The highest BCUT2D eigenvalue weighted by atomic mass is 32.2. The fourth-order valence-corrected chi connectivity index (χ4v) is 3.35. The molecule has 0 saturated carbocycles. The Kier molecular flexibility index (Phi) is 6.76. The van der Waals surface area contributed by atoms with E-state index >= 15 is 0 Å². The molecule has 0 aromatic heterocycles. The van der Waals surface area contributed by atoms with E-state index in [1.807, 2.05) is 32.0 Å². The number of hydrogen-bond acceptors (Lipinski definition) is 3. The van der Waals surface area contributed by atoms with Gasteiger partial charge >= 0.3 is 6.03 Å². The van der Waals surface area contributed by atoms with E-state index in [4.69, 9.17) is 0 Å². The van der Waals surface area contributed by atoms with E-state index in [0.717, 1.165) is 16.7 Å². The third-order valence-electron chi connectivity index (χ3n) is 4.05. The summed E-state index contributed by atoms with van der Waals surface area (Å²) in [7, 11) is -1.93.